The number of carbonyl (C=O) groups excluding carboxylic acids is 2. The lowest BCUT2D eigenvalue weighted by Crippen LogP contribution is -2.30. The number of nitrogens with zero attached hydrogens (tertiary/aromatic N) is 2. The van der Waals surface area contributed by atoms with Gasteiger partial charge in [0.05, 0.1) is 17.3 Å². The number of aromatic nitrogens is 1. The van der Waals surface area contributed by atoms with Crippen molar-refractivity contribution < 1.29 is 28.2 Å². The van der Waals surface area contributed by atoms with Crippen molar-refractivity contribution in [2.45, 2.75) is 25.5 Å². The number of halogens is 2. The van der Waals surface area contributed by atoms with Crippen molar-refractivity contribution in [3.63, 3.8) is 0 Å². The minimum Gasteiger partial charge on any atom is -0.507 e. The van der Waals surface area contributed by atoms with Gasteiger partial charge in [0, 0.05) is 30.4 Å². The van der Waals surface area contributed by atoms with Crippen LogP contribution in [0, 0.1) is 11.6 Å². The van der Waals surface area contributed by atoms with Crippen LogP contribution in [0.1, 0.15) is 29.7 Å². The molecule has 2 unspecified atom stereocenters. The molecule has 3 heterocycles. The molecule has 1 aromatic heterocycles. The Bertz CT molecular complexity index is 1320. The fourth-order valence-electron chi connectivity index (χ4n) is 4.33. The monoisotopic (exact) mass is 448 g/mol. The molecule has 8 heteroatoms. The van der Waals surface area contributed by atoms with Crippen LogP contribution >= 0.6 is 0 Å². The number of carbonyl (C=O) groups is 2. The molecular weight excluding hydrogens is 430 g/mol. The van der Waals surface area contributed by atoms with Crippen molar-refractivity contribution >= 4 is 23.1 Å². The zero-order valence-electron chi connectivity index (χ0n) is 17.5. The second-order valence-electron chi connectivity index (χ2n) is 8.01. The van der Waals surface area contributed by atoms with Crippen molar-refractivity contribution in [3.05, 3.63) is 94.8 Å². The van der Waals surface area contributed by atoms with Gasteiger partial charge in [0.25, 0.3) is 11.7 Å². The maximum Gasteiger partial charge on any atom is 0.300 e. The summed E-state index contributed by atoms with van der Waals surface area (Å²) in [6, 6.07) is 9.61. The smallest absolute Gasteiger partial charge is 0.300 e. The molecule has 2 aromatic carbocycles. The second-order valence-corrected chi connectivity index (χ2v) is 8.01. The van der Waals surface area contributed by atoms with E-state index in [2.05, 4.69) is 4.98 Å². The SMILES string of the molecule is CC1Cc2cc(/C(O)=C3/C(=O)C(=O)N(c4cc(F)ccc4F)C3c3cccnc3)ccc2O1. The van der Waals surface area contributed by atoms with Crippen molar-refractivity contribution in [2.75, 3.05) is 4.90 Å². The van der Waals surface area contributed by atoms with Crippen molar-refractivity contribution in [3.8, 4) is 5.75 Å². The number of amides is 1. The molecule has 1 fully saturated rings. The molecule has 1 amide bonds. The topological polar surface area (TPSA) is 79.7 Å². The highest BCUT2D eigenvalue weighted by Gasteiger charge is 2.48. The molecule has 1 N–H and O–H groups in total. The zero-order valence-corrected chi connectivity index (χ0v) is 17.5. The normalized spacial score (nSPS) is 21.2. The number of ketones is 1. The number of hydrogen-bond donors (Lipinski definition) is 1. The van der Waals surface area contributed by atoms with E-state index in [1.807, 2.05) is 6.92 Å². The molecule has 6 nitrogen and oxygen atoms in total. The Hall–Kier alpha value is -4.07. The number of hydrogen-bond acceptors (Lipinski definition) is 5. The Morgan fingerprint density at radius 2 is 1.97 bits per heavy atom. The first-order valence-corrected chi connectivity index (χ1v) is 10.3. The minimum atomic E-state index is -1.20. The third-order valence-corrected chi connectivity index (χ3v) is 5.78. The first-order valence-electron chi connectivity index (χ1n) is 10.3. The average molecular weight is 448 g/mol. The summed E-state index contributed by atoms with van der Waals surface area (Å²) in [6.07, 6.45) is 3.52. The highest BCUT2D eigenvalue weighted by atomic mass is 19.1. The van der Waals surface area contributed by atoms with Gasteiger partial charge in [0.1, 0.15) is 29.2 Å². The summed E-state index contributed by atoms with van der Waals surface area (Å²) in [6.45, 7) is 1.92. The van der Waals surface area contributed by atoms with Crippen LogP contribution in [0.2, 0.25) is 0 Å². The Morgan fingerprint density at radius 3 is 2.73 bits per heavy atom. The highest BCUT2D eigenvalue weighted by molar-refractivity contribution is 6.51. The molecule has 0 radical (unpaired) electrons. The van der Waals surface area contributed by atoms with Crippen LogP contribution in [-0.2, 0) is 16.0 Å². The summed E-state index contributed by atoms with van der Waals surface area (Å²) in [7, 11) is 0. The molecule has 2 aliphatic heterocycles. The number of pyridine rings is 1. The molecule has 166 valence electrons. The van der Waals surface area contributed by atoms with Gasteiger partial charge in [0.15, 0.2) is 0 Å². The molecule has 33 heavy (non-hydrogen) atoms. The molecule has 3 aromatic rings. The lowest BCUT2D eigenvalue weighted by molar-refractivity contribution is -0.132. The van der Waals surface area contributed by atoms with E-state index in [9.17, 15) is 23.5 Å². The largest absolute Gasteiger partial charge is 0.507 e. The Morgan fingerprint density at radius 1 is 1.15 bits per heavy atom. The van der Waals surface area contributed by atoms with Crippen LogP contribution in [0.15, 0.2) is 66.5 Å². The number of ether oxygens (including phenoxy) is 1. The summed E-state index contributed by atoms with van der Waals surface area (Å²) < 4.78 is 34.3. The van der Waals surface area contributed by atoms with E-state index in [0.29, 0.717) is 23.3 Å². The summed E-state index contributed by atoms with van der Waals surface area (Å²) in [4.78, 5) is 31.0. The number of fused-ring (bicyclic) bond motifs is 1. The van der Waals surface area contributed by atoms with Gasteiger partial charge in [-0.3, -0.25) is 19.5 Å². The van der Waals surface area contributed by atoms with Crippen LogP contribution < -0.4 is 9.64 Å². The van der Waals surface area contributed by atoms with Gasteiger partial charge in [-0.1, -0.05) is 6.07 Å². The third kappa shape index (κ3) is 3.44. The molecule has 5 rings (SSSR count). The molecule has 2 atom stereocenters. The number of Topliss-reactive ketones (excluding diaryl/α,β-unsaturated/α-hetero) is 1. The predicted octanol–water partition coefficient (Wildman–Crippen LogP) is 4.31. The summed E-state index contributed by atoms with van der Waals surface area (Å²) in [5.74, 6) is -3.46. The lowest BCUT2D eigenvalue weighted by atomic mass is 9.95. The lowest BCUT2D eigenvalue weighted by Gasteiger charge is -2.25. The number of aliphatic hydroxyl groups excluding tert-OH is 1. The van der Waals surface area contributed by atoms with E-state index in [0.717, 1.165) is 28.7 Å². The zero-order chi connectivity index (χ0) is 23.3. The number of aliphatic hydroxyl groups is 1. The quantitative estimate of drug-likeness (QED) is 0.367. The Labute approximate surface area is 187 Å². The van der Waals surface area contributed by atoms with Gasteiger partial charge < -0.3 is 9.84 Å². The van der Waals surface area contributed by atoms with Gasteiger partial charge in [-0.25, -0.2) is 8.78 Å². The summed E-state index contributed by atoms with van der Waals surface area (Å²) >= 11 is 0. The van der Waals surface area contributed by atoms with Crippen LogP contribution in [0.4, 0.5) is 14.5 Å². The maximum absolute atomic E-state index is 14.7. The van der Waals surface area contributed by atoms with Crippen molar-refractivity contribution in [1.29, 1.82) is 0 Å². The first-order chi connectivity index (χ1) is 15.8. The van der Waals surface area contributed by atoms with Crippen molar-refractivity contribution in [2.24, 2.45) is 0 Å². The van der Waals surface area contributed by atoms with Crippen LogP contribution in [0.25, 0.3) is 5.76 Å². The Balaban J connectivity index is 1.71. The minimum absolute atomic E-state index is 0.0191. The molecule has 0 saturated carbocycles. The molecular formula is C25H18F2N2O4. The number of rotatable bonds is 3. The Kier molecular flexibility index (Phi) is 4.92. The van der Waals surface area contributed by atoms with Crippen LogP contribution in [0.3, 0.4) is 0 Å². The first kappa shape index (κ1) is 20.8. The maximum atomic E-state index is 14.7. The van der Waals surface area contributed by atoms with Gasteiger partial charge in [-0.05, 0) is 54.4 Å². The van der Waals surface area contributed by atoms with Gasteiger partial charge >= 0.3 is 0 Å². The average Bonchev–Trinajstić information content (AvgIpc) is 3.31. The molecule has 2 aliphatic rings. The molecule has 0 spiro atoms. The van der Waals surface area contributed by atoms with E-state index in [-0.39, 0.29) is 11.7 Å². The van der Waals surface area contributed by atoms with Crippen LogP contribution in [-0.4, -0.2) is 27.9 Å². The summed E-state index contributed by atoms with van der Waals surface area (Å²) in [5.41, 5.74) is 0.901. The van der Waals surface area contributed by atoms with Crippen molar-refractivity contribution in [1.82, 2.24) is 4.98 Å². The standard InChI is InChI=1S/C25H18F2N2O4/c1-13-9-16-10-14(4-7-20(16)33-13)23(30)21-22(15-3-2-8-28-12-15)29(25(32)24(21)31)19-11-17(26)5-6-18(19)27/h2-8,10-13,22,30H,9H2,1H3/b23-21-. The number of benzene rings is 2. The third-order valence-electron chi connectivity index (χ3n) is 5.78. The molecule has 0 bridgehead atoms. The predicted molar refractivity (Wildman–Crippen MR) is 116 cm³/mol. The van der Waals surface area contributed by atoms with Gasteiger partial charge in [0.2, 0.25) is 0 Å². The van der Waals surface area contributed by atoms with E-state index in [4.69, 9.17) is 4.74 Å². The van der Waals surface area contributed by atoms with E-state index >= 15 is 0 Å². The number of anilines is 1. The van der Waals surface area contributed by atoms with Gasteiger partial charge in [-0.15, -0.1) is 0 Å². The van der Waals surface area contributed by atoms with Gasteiger partial charge in [-0.2, -0.15) is 0 Å². The van der Waals surface area contributed by atoms with E-state index in [1.54, 1.807) is 30.3 Å². The van der Waals surface area contributed by atoms with E-state index < -0.39 is 40.8 Å². The summed E-state index contributed by atoms with van der Waals surface area (Å²) in [5, 5.41) is 11.2. The fraction of sp³-hybridized carbons (Fsp3) is 0.160. The fourth-order valence-corrected chi connectivity index (χ4v) is 4.33. The van der Waals surface area contributed by atoms with Crippen LogP contribution in [0.5, 0.6) is 5.75 Å². The second kappa shape index (κ2) is 7.81. The molecule has 1 saturated heterocycles. The highest BCUT2D eigenvalue weighted by Crippen LogP contribution is 2.43. The molecule has 0 aliphatic carbocycles. The van der Waals surface area contributed by atoms with E-state index in [1.165, 1.54) is 12.4 Å².